The second-order valence-electron chi connectivity index (χ2n) is 6.99. The monoisotopic (exact) mass is 473 g/mol. The number of pyridine rings is 1. The predicted octanol–water partition coefficient (Wildman–Crippen LogP) is 3.56. The number of nitrogens with one attached hydrogen (secondary N) is 2. The maximum atomic E-state index is 9.32. The number of aryl methyl sites for hydroxylation is 1. The first kappa shape index (κ1) is 22.2. The third kappa shape index (κ3) is 4.61. The molecule has 0 radical (unpaired) electrons. The minimum Gasteiger partial charge on any atom is -0.395 e. The summed E-state index contributed by atoms with van der Waals surface area (Å²) in [5, 5.41) is 22.8. The minimum absolute atomic E-state index is 0.0818. The lowest BCUT2D eigenvalue weighted by molar-refractivity contribution is 0.280. The van der Waals surface area contributed by atoms with Crippen LogP contribution in [0.2, 0.25) is 10.0 Å². The van der Waals surface area contributed by atoms with Crippen LogP contribution >= 0.6 is 23.2 Å². The van der Waals surface area contributed by atoms with Gasteiger partial charge in [0.15, 0.2) is 5.82 Å². The molecule has 32 heavy (non-hydrogen) atoms. The number of aliphatic hydroxyl groups excluding tert-OH is 2. The molecule has 0 spiro atoms. The molecule has 0 saturated carbocycles. The van der Waals surface area contributed by atoms with E-state index in [2.05, 4.69) is 30.2 Å². The van der Waals surface area contributed by atoms with Crippen LogP contribution in [-0.2, 0) is 0 Å². The van der Waals surface area contributed by atoms with E-state index in [-0.39, 0.29) is 13.2 Å². The van der Waals surface area contributed by atoms with Gasteiger partial charge in [0.1, 0.15) is 17.2 Å². The van der Waals surface area contributed by atoms with Gasteiger partial charge in [-0.3, -0.25) is 0 Å². The van der Waals surface area contributed by atoms with Crippen LogP contribution in [0.15, 0.2) is 36.5 Å². The van der Waals surface area contributed by atoms with E-state index < -0.39 is 0 Å². The van der Waals surface area contributed by atoms with Gasteiger partial charge in [0.05, 0.1) is 34.3 Å². The van der Waals surface area contributed by atoms with Crippen LogP contribution in [0.3, 0.4) is 0 Å². The van der Waals surface area contributed by atoms with Crippen LogP contribution in [0, 0.1) is 6.92 Å². The zero-order valence-electron chi connectivity index (χ0n) is 17.2. The van der Waals surface area contributed by atoms with E-state index >= 15 is 0 Å². The summed E-state index contributed by atoms with van der Waals surface area (Å²) in [6.07, 6.45) is 1.65. The van der Waals surface area contributed by atoms with Crippen LogP contribution in [0.25, 0.3) is 22.4 Å². The normalized spacial score (nSPS) is 11.2. The van der Waals surface area contributed by atoms with Crippen molar-refractivity contribution in [3.63, 3.8) is 0 Å². The van der Waals surface area contributed by atoms with E-state index in [9.17, 15) is 10.2 Å². The average molecular weight is 474 g/mol. The molecule has 4 aromatic rings. The van der Waals surface area contributed by atoms with Crippen molar-refractivity contribution in [1.29, 1.82) is 0 Å². The molecule has 166 valence electrons. The third-order valence-electron chi connectivity index (χ3n) is 4.71. The standard InChI is InChI=1S/C21H21Cl2N7O2/c1-12-11-16(28-21(25-12)30(7-9-31)8-10-32)27-20-18-15(5-6-24-20)26-19(29-18)17-13(22)3-2-4-14(17)23/h2-6,11,31-32H,7-10H2,1H3,(H,26,29)(H,24,25,27,28). The fourth-order valence-corrected chi connectivity index (χ4v) is 3.88. The van der Waals surface area contributed by atoms with Gasteiger partial charge in [-0.25, -0.2) is 15.0 Å². The summed E-state index contributed by atoms with van der Waals surface area (Å²) in [6, 6.07) is 8.87. The number of hydrogen-bond acceptors (Lipinski definition) is 8. The van der Waals surface area contributed by atoms with Crippen LogP contribution in [0.5, 0.6) is 0 Å². The lowest BCUT2D eigenvalue weighted by Gasteiger charge is -2.21. The maximum Gasteiger partial charge on any atom is 0.227 e. The molecule has 4 rings (SSSR count). The van der Waals surface area contributed by atoms with Crippen molar-refractivity contribution in [3.05, 3.63) is 52.3 Å². The number of halogens is 2. The Hall–Kier alpha value is -2.98. The number of aromatic nitrogens is 5. The molecule has 4 N–H and O–H groups in total. The highest BCUT2D eigenvalue weighted by atomic mass is 35.5. The van der Waals surface area contributed by atoms with Crippen molar-refractivity contribution in [2.45, 2.75) is 6.92 Å². The minimum atomic E-state index is -0.0818. The lowest BCUT2D eigenvalue weighted by Crippen LogP contribution is -2.31. The Morgan fingerprint density at radius 3 is 2.44 bits per heavy atom. The van der Waals surface area contributed by atoms with Gasteiger partial charge in [-0.1, -0.05) is 29.3 Å². The van der Waals surface area contributed by atoms with Crippen molar-refractivity contribution >= 4 is 51.8 Å². The van der Waals surface area contributed by atoms with Crippen molar-refractivity contribution in [2.24, 2.45) is 0 Å². The van der Waals surface area contributed by atoms with Crippen molar-refractivity contribution in [3.8, 4) is 11.4 Å². The Balaban J connectivity index is 1.72. The number of imidazole rings is 1. The van der Waals surface area contributed by atoms with E-state index in [1.165, 1.54) is 0 Å². The van der Waals surface area contributed by atoms with Gasteiger partial charge in [-0.15, -0.1) is 0 Å². The van der Waals surface area contributed by atoms with Crippen LogP contribution in [0.1, 0.15) is 5.69 Å². The highest BCUT2D eigenvalue weighted by Gasteiger charge is 2.16. The molecule has 0 amide bonds. The molecule has 0 aliphatic rings. The molecule has 1 aromatic carbocycles. The second-order valence-corrected chi connectivity index (χ2v) is 7.81. The molecule has 0 aliphatic carbocycles. The molecule has 9 nitrogen and oxygen atoms in total. The first-order chi connectivity index (χ1) is 15.5. The number of benzene rings is 1. The zero-order valence-corrected chi connectivity index (χ0v) is 18.7. The molecule has 0 bridgehead atoms. The summed E-state index contributed by atoms with van der Waals surface area (Å²) in [4.78, 5) is 23.0. The smallest absolute Gasteiger partial charge is 0.227 e. The topological polar surface area (TPSA) is 123 Å². The van der Waals surface area contributed by atoms with Crippen molar-refractivity contribution < 1.29 is 10.2 Å². The number of hydrogen-bond donors (Lipinski definition) is 4. The van der Waals surface area contributed by atoms with Gasteiger partial charge in [0.2, 0.25) is 5.95 Å². The van der Waals surface area contributed by atoms with E-state index in [4.69, 9.17) is 23.2 Å². The van der Waals surface area contributed by atoms with Crippen molar-refractivity contribution in [2.75, 3.05) is 36.5 Å². The van der Waals surface area contributed by atoms with E-state index in [1.807, 2.05) is 13.0 Å². The number of aliphatic hydroxyl groups is 2. The molecular formula is C21H21Cl2N7O2. The van der Waals surface area contributed by atoms with Gasteiger partial charge < -0.3 is 25.4 Å². The lowest BCUT2D eigenvalue weighted by atomic mass is 10.2. The number of nitrogens with zero attached hydrogens (tertiary/aromatic N) is 5. The average Bonchev–Trinajstić information content (AvgIpc) is 3.18. The Bertz CT molecular complexity index is 1220. The fourth-order valence-electron chi connectivity index (χ4n) is 3.30. The third-order valence-corrected chi connectivity index (χ3v) is 5.34. The van der Waals surface area contributed by atoms with Crippen LogP contribution in [0.4, 0.5) is 17.6 Å². The Morgan fingerprint density at radius 1 is 1.03 bits per heavy atom. The number of fused-ring (bicyclic) bond motifs is 1. The van der Waals surface area contributed by atoms with Gasteiger partial charge >= 0.3 is 0 Å². The first-order valence-electron chi connectivity index (χ1n) is 9.88. The first-order valence-corrected chi connectivity index (χ1v) is 10.6. The molecule has 0 unspecified atom stereocenters. The molecule has 3 heterocycles. The zero-order chi connectivity index (χ0) is 22.7. The molecule has 11 heteroatoms. The van der Waals surface area contributed by atoms with Gasteiger partial charge in [0, 0.05) is 31.0 Å². The van der Waals surface area contributed by atoms with Gasteiger partial charge in [-0.05, 0) is 25.1 Å². The number of aromatic amines is 1. The molecule has 0 fully saturated rings. The summed E-state index contributed by atoms with van der Waals surface area (Å²) in [6.45, 7) is 2.28. The molecule has 0 aliphatic heterocycles. The summed E-state index contributed by atoms with van der Waals surface area (Å²) in [7, 11) is 0. The largest absolute Gasteiger partial charge is 0.395 e. The fraction of sp³-hybridized carbons (Fsp3) is 0.238. The summed E-state index contributed by atoms with van der Waals surface area (Å²) >= 11 is 12.7. The van der Waals surface area contributed by atoms with Crippen LogP contribution in [-0.4, -0.2) is 61.4 Å². The maximum absolute atomic E-state index is 9.32. The summed E-state index contributed by atoms with van der Waals surface area (Å²) in [5.74, 6) is 1.93. The summed E-state index contributed by atoms with van der Waals surface area (Å²) in [5.41, 5.74) is 2.68. The van der Waals surface area contributed by atoms with Crippen LogP contribution < -0.4 is 10.2 Å². The molecule has 0 atom stereocenters. The quantitative estimate of drug-likeness (QED) is 0.306. The summed E-state index contributed by atoms with van der Waals surface area (Å²) < 4.78 is 0. The highest BCUT2D eigenvalue weighted by Crippen LogP contribution is 2.35. The number of anilines is 3. The Morgan fingerprint density at radius 2 is 1.75 bits per heavy atom. The molecule has 0 saturated heterocycles. The van der Waals surface area contributed by atoms with E-state index in [1.54, 1.807) is 35.4 Å². The molecule has 3 aromatic heterocycles. The Kier molecular flexibility index (Phi) is 6.71. The highest BCUT2D eigenvalue weighted by molar-refractivity contribution is 6.39. The number of rotatable bonds is 8. The molecular weight excluding hydrogens is 453 g/mol. The predicted molar refractivity (Wildman–Crippen MR) is 126 cm³/mol. The van der Waals surface area contributed by atoms with E-state index in [0.29, 0.717) is 57.6 Å². The van der Waals surface area contributed by atoms with E-state index in [0.717, 1.165) is 11.2 Å². The van der Waals surface area contributed by atoms with Crippen molar-refractivity contribution in [1.82, 2.24) is 24.9 Å². The van der Waals surface area contributed by atoms with Gasteiger partial charge in [0.25, 0.3) is 0 Å². The Labute approximate surface area is 194 Å². The van der Waals surface area contributed by atoms with Gasteiger partial charge in [-0.2, -0.15) is 4.98 Å². The number of H-pyrrole nitrogens is 1. The SMILES string of the molecule is Cc1cc(Nc2nccc3[nH]c(-c4c(Cl)cccc4Cl)nc23)nc(N(CCO)CCO)n1. The second kappa shape index (κ2) is 9.66.